The summed E-state index contributed by atoms with van der Waals surface area (Å²) in [5.41, 5.74) is 7.86. The zero-order chi connectivity index (χ0) is 15.4. The van der Waals surface area contributed by atoms with E-state index in [1.54, 1.807) is 28.3 Å². The standard InChI is InChI=1S/C16H16N4OS/c17-8-12-9-19-20(11-12)15-6-2-1-5-14(15)16(21)18-10-13-4-3-7-22-13/h1-7,9,11H,8,10,17H2,(H,18,21). The Bertz CT molecular complexity index is 764. The Hall–Kier alpha value is -2.44. The molecule has 0 spiro atoms. The lowest BCUT2D eigenvalue weighted by molar-refractivity contribution is 0.0951. The molecule has 0 atom stereocenters. The molecule has 2 heterocycles. The number of aromatic nitrogens is 2. The molecule has 22 heavy (non-hydrogen) atoms. The highest BCUT2D eigenvalue weighted by Gasteiger charge is 2.13. The lowest BCUT2D eigenvalue weighted by Crippen LogP contribution is -2.23. The van der Waals surface area contributed by atoms with Crippen LogP contribution in [0, 0.1) is 0 Å². The monoisotopic (exact) mass is 312 g/mol. The van der Waals surface area contributed by atoms with Gasteiger partial charge in [-0.05, 0) is 23.6 Å². The van der Waals surface area contributed by atoms with E-state index in [4.69, 9.17) is 5.73 Å². The zero-order valence-electron chi connectivity index (χ0n) is 11.9. The fourth-order valence-corrected chi connectivity index (χ4v) is 2.78. The lowest BCUT2D eigenvalue weighted by atomic mass is 10.1. The number of amides is 1. The maximum Gasteiger partial charge on any atom is 0.253 e. The molecule has 112 valence electrons. The lowest BCUT2D eigenvalue weighted by Gasteiger charge is -2.09. The van der Waals surface area contributed by atoms with Gasteiger partial charge in [-0.25, -0.2) is 4.68 Å². The Kier molecular flexibility index (Phi) is 4.32. The van der Waals surface area contributed by atoms with Crippen LogP contribution in [0.1, 0.15) is 20.8 Å². The summed E-state index contributed by atoms with van der Waals surface area (Å²) in [5.74, 6) is -0.117. The van der Waals surface area contributed by atoms with E-state index in [1.165, 1.54) is 0 Å². The molecular formula is C16H16N4OS. The molecule has 2 aromatic heterocycles. The molecule has 5 nitrogen and oxygen atoms in total. The molecule has 3 aromatic rings. The van der Waals surface area contributed by atoms with Crippen LogP contribution in [0.25, 0.3) is 5.69 Å². The summed E-state index contributed by atoms with van der Waals surface area (Å²) in [6.45, 7) is 0.949. The summed E-state index contributed by atoms with van der Waals surface area (Å²) in [4.78, 5) is 13.6. The summed E-state index contributed by atoms with van der Waals surface area (Å²) in [5, 5.41) is 9.20. The van der Waals surface area contributed by atoms with E-state index >= 15 is 0 Å². The van der Waals surface area contributed by atoms with Gasteiger partial charge in [0.15, 0.2) is 0 Å². The Morgan fingerprint density at radius 2 is 2.14 bits per heavy atom. The number of para-hydroxylation sites is 1. The molecule has 0 aliphatic rings. The number of hydrogen-bond acceptors (Lipinski definition) is 4. The number of thiophene rings is 1. The number of carbonyl (C=O) groups is 1. The van der Waals surface area contributed by atoms with Gasteiger partial charge in [-0.15, -0.1) is 11.3 Å². The second-order valence-electron chi connectivity index (χ2n) is 4.78. The van der Waals surface area contributed by atoms with Gasteiger partial charge < -0.3 is 11.1 Å². The molecule has 0 saturated carbocycles. The van der Waals surface area contributed by atoms with Gasteiger partial charge in [0.05, 0.1) is 24.0 Å². The summed E-state index contributed by atoms with van der Waals surface area (Å²) >= 11 is 1.62. The smallest absolute Gasteiger partial charge is 0.253 e. The average molecular weight is 312 g/mol. The number of nitrogens with zero attached hydrogens (tertiary/aromatic N) is 2. The highest BCUT2D eigenvalue weighted by molar-refractivity contribution is 7.09. The van der Waals surface area contributed by atoms with Gasteiger partial charge in [-0.1, -0.05) is 18.2 Å². The van der Waals surface area contributed by atoms with Crippen molar-refractivity contribution in [1.82, 2.24) is 15.1 Å². The van der Waals surface area contributed by atoms with E-state index in [-0.39, 0.29) is 5.91 Å². The second-order valence-corrected chi connectivity index (χ2v) is 5.81. The minimum absolute atomic E-state index is 0.117. The summed E-state index contributed by atoms with van der Waals surface area (Å²) in [6, 6.07) is 11.4. The van der Waals surface area contributed by atoms with E-state index in [0.29, 0.717) is 18.7 Å². The van der Waals surface area contributed by atoms with E-state index in [9.17, 15) is 4.79 Å². The summed E-state index contributed by atoms with van der Waals surface area (Å²) in [6.07, 6.45) is 3.55. The molecule has 1 amide bonds. The van der Waals surface area contributed by atoms with Crippen LogP contribution < -0.4 is 11.1 Å². The number of hydrogen-bond donors (Lipinski definition) is 2. The third-order valence-corrected chi connectivity index (χ3v) is 4.15. The first-order valence-electron chi connectivity index (χ1n) is 6.91. The van der Waals surface area contributed by atoms with E-state index in [1.807, 2.05) is 41.9 Å². The number of benzene rings is 1. The van der Waals surface area contributed by atoms with Crippen molar-refractivity contribution in [3.8, 4) is 5.69 Å². The first-order chi connectivity index (χ1) is 10.8. The van der Waals surface area contributed by atoms with Crippen LogP contribution in [0.15, 0.2) is 54.2 Å². The highest BCUT2D eigenvalue weighted by atomic mass is 32.1. The molecule has 0 bridgehead atoms. The predicted molar refractivity (Wildman–Crippen MR) is 86.9 cm³/mol. The van der Waals surface area contributed by atoms with Gasteiger partial charge in [0, 0.05) is 23.2 Å². The van der Waals surface area contributed by atoms with Gasteiger partial charge >= 0.3 is 0 Å². The van der Waals surface area contributed by atoms with Crippen LogP contribution in [0.2, 0.25) is 0 Å². The molecule has 1 aromatic carbocycles. The van der Waals surface area contributed by atoms with Gasteiger partial charge in [0.2, 0.25) is 0 Å². The van der Waals surface area contributed by atoms with Crippen molar-refractivity contribution in [2.75, 3.05) is 0 Å². The number of nitrogens with one attached hydrogen (secondary N) is 1. The molecule has 0 fully saturated rings. The second kappa shape index (κ2) is 6.55. The minimum Gasteiger partial charge on any atom is -0.347 e. The van der Waals surface area contributed by atoms with Crippen LogP contribution in [-0.2, 0) is 13.1 Å². The first-order valence-corrected chi connectivity index (χ1v) is 7.79. The first kappa shape index (κ1) is 14.5. The van der Waals surface area contributed by atoms with Crippen LogP contribution in [-0.4, -0.2) is 15.7 Å². The fourth-order valence-electron chi connectivity index (χ4n) is 2.14. The SMILES string of the molecule is NCc1cnn(-c2ccccc2C(=O)NCc2cccs2)c1. The van der Waals surface area contributed by atoms with Gasteiger partial charge in [0.1, 0.15) is 0 Å². The van der Waals surface area contributed by atoms with Crippen LogP contribution in [0.3, 0.4) is 0 Å². The molecule has 3 N–H and O–H groups in total. The molecule has 0 saturated heterocycles. The van der Waals surface area contributed by atoms with Crippen molar-refractivity contribution >= 4 is 17.2 Å². The Morgan fingerprint density at radius 1 is 1.27 bits per heavy atom. The molecule has 3 rings (SSSR count). The largest absolute Gasteiger partial charge is 0.347 e. The molecule has 0 unspecified atom stereocenters. The van der Waals surface area contributed by atoms with E-state index in [2.05, 4.69) is 10.4 Å². The Morgan fingerprint density at radius 3 is 2.86 bits per heavy atom. The summed E-state index contributed by atoms with van der Waals surface area (Å²) < 4.78 is 1.68. The number of carbonyl (C=O) groups excluding carboxylic acids is 1. The van der Waals surface area contributed by atoms with Crippen LogP contribution in [0.4, 0.5) is 0 Å². The number of rotatable bonds is 5. The topological polar surface area (TPSA) is 72.9 Å². The predicted octanol–water partition coefficient (Wildman–Crippen LogP) is 2.32. The normalized spacial score (nSPS) is 10.6. The van der Waals surface area contributed by atoms with Crippen molar-refractivity contribution in [2.24, 2.45) is 5.73 Å². The third kappa shape index (κ3) is 3.08. The molecule has 0 aliphatic heterocycles. The minimum atomic E-state index is -0.117. The maximum atomic E-state index is 12.4. The number of nitrogens with two attached hydrogens (primary N) is 1. The van der Waals surface area contributed by atoms with Crippen molar-refractivity contribution in [3.63, 3.8) is 0 Å². The van der Waals surface area contributed by atoms with Crippen molar-refractivity contribution in [2.45, 2.75) is 13.1 Å². The Labute approximate surface area is 132 Å². The van der Waals surface area contributed by atoms with Gasteiger partial charge in [0.25, 0.3) is 5.91 Å². The van der Waals surface area contributed by atoms with Crippen LogP contribution in [0.5, 0.6) is 0 Å². The van der Waals surface area contributed by atoms with Crippen molar-refractivity contribution in [1.29, 1.82) is 0 Å². The average Bonchev–Trinajstić information content (AvgIpc) is 3.24. The van der Waals surface area contributed by atoms with E-state index in [0.717, 1.165) is 16.1 Å². The quantitative estimate of drug-likeness (QED) is 0.759. The van der Waals surface area contributed by atoms with Crippen LogP contribution >= 0.6 is 11.3 Å². The summed E-state index contributed by atoms with van der Waals surface area (Å²) in [7, 11) is 0. The van der Waals surface area contributed by atoms with Gasteiger partial charge in [-0.2, -0.15) is 5.10 Å². The fraction of sp³-hybridized carbons (Fsp3) is 0.125. The van der Waals surface area contributed by atoms with E-state index < -0.39 is 0 Å². The van der Waals surface area contributed by atoms with Crippen molar-refractivity contribution in [3.05, 3.63) is 70.2 Å². The molecule has 0 radical (unpaired) electrons. The highest BCUT2D eigenvalue weighted by Crippen LogP contribution is 2.15. The zero-order valence-corrected chi connectivity index (χ0v) is 12.7. The maximum absolute atomic E-state index is 12.4. The molecular weight excluding hydrogens is 296 g/mol. The van der Waals surface area contributed by atoms with Crippen molar-refractivity contribution < 1.29 is 4.79 Å². The Balaban J connectivity index is 1.82. The van der Waals surface area contributed by atoms with Gasteiger partial charge in [-0.3, -0.25) is 4.79 Å². The molecule has 6 heteroatoms. The molecule has 0 aliphatic carbocycles. The third-order valence-electron chi connectivity index (χ3n) is 3.27.